The van der Waals surface area contributed by atoms with Crippen LogP contribution in [0.25, 0.3) is 21.7 Å². The molecule has 0 N–H and O–H groups in total. The van der Waals surface area contributed by atoms with Crippen molar-refractivity contribution in [1.29, 1.82) is 0 Å². The number of nitrogens with zero attached hydrogens (tertiary/aromatic N) is 3. The molecule has 178 valence electrons. The Hall–Kier alpha value is -2.62. The van der Waals surface area contributed by atoms with Gasteiger partial charge in [-0.1, -0.05) is 18.7 Å². The van der Waals surface area contributed by atoms with Crippen molar-refractivity contribution in [2.45, 2.75) is 56.7 Å². The third kappa shape index (κ3) is 4.52. The van der Waals surface area contributed by atoms with Gasteiger partial charge in [-0.05, 0) is 56.0 Å². The molecular weight excluding hydrogens is 470 g/mol. The molecule has 1 aliphatic rings. The van der Waals surface area contributed by atoms with Crippen LogP contribution in [0.3, 0.4) is 0 Å². The minimum Gasteiger partial charge on any atom is -0.497 e. The Balaban J connectivity index is 1.43. The Bertz CT molecular complexity index is 1350. The summed E-state index contributed by atoms with van der Waals surface area (Å²) in [7, 11) is 1.64. The van der Waals surface area contributed by atoms with Crippen LogP contribution in [0.1, 0.15) is 35.9 Å². The summed E-state index contributed by atoms with van der Waals surface area (Å²) in [5, 5.41) is 1.46. The van der Waals surface area contributed by atoms with E-state index in [2.05, 4.69) is 18.8 Å². The van der Waals surface area contributed by atoms with Gasteiger partial charge in [0.2, 0.25) is 5.89 Å². The van der Waals surface area contributed by atoms with Crippen molar-refractivity contribution in [2.75, 3.05) is 13.7 Å². The quantitative estimate of drug-likeness (QED) is 0.236. The summed E-state index contributed by atoms with van der Waals surface area (Å²) >= 11 is 3.11. The van der Waals surface area contributed by atoms with Crippen molar-refractivity contribution < 1.29 is 13.9 Å². The van der Waals surface area contributed by atoms with Gasteiger partial charge < -0.3 is 13.9 Å². The van der Waals surface area contributed by atoms with Crippen LogP contribution in [0.2, 0.25) is 0 Å². The largest absolute Gasteiger partial charge is 0.497 e. The van der Waals surface area contributed by atoms with E-state index in [1.807, 2.05) is 24.3 Å². The molecule has 1 aromatic carbocycles. The van der Waals surface area contributed by atoms with Gasteiger partial charge in [0, 0.05) is 22.8 Å². The Kier molecular flexibility index (Phi) is 6.76. The number of aryl methyl sites for hydroxylation is 2. The number of hydrogen-bond donors (Lipinski definition) is 0. The van der Waals surface area contributed by atoms with E-state index in [0.717, 1.165) is 63.5 Å². The molecule has 4 heterocycles. The standard InChI is InChI=1S/C25H27N3O4S2/c1-4-20-15(2)34-23-21(20)24(29)28(12-19-6-5-11-31-19)25(27-23)33-14-17-13-32-22(26-17)16-7-9-18(30-3)10-8-16/h7-10,13,19H,4-6,11-12,14H2,1-3H3. The van der Waals surface area contributed by atoms with Crippen LogP contribution in [0.4, 0.5) is 0 Å². The monoisotopic (exact) mass is 497 g/mol. The zero-order valence-corrected chi connectivity index (χ0v) is 21.1. The molecule has 4 aromatic rings. The van der Waals surface area contributed by atoms with E-state index in [0.29, 0.717) is 23.3 Å². The normalized spacial score (nSPS) is 15.9. The first kappa shape index (κ1) is 23.1. The van der Waals surface area contributed by atoms with Gasteiger partial charge in [-0.15, -0.1) is 11.3 Å². The fraction of sp³-hybridized carbons (Fsp3) is 0.400. The van der Waals surface area contributed by atoms with Gasteiger partial charge in [-0.2, -0.15) is 0 Å². The van der Waals surface area contributed by atoms with Crippen LogP contribution in [-0.4, -0.2) is 34.4 Å². The Labute approximate surface area is 206 Å². The number of fused-ring (bicyclic) bond motifs is 1. The maximum atomic E-state index is 13.6. The fourth-order valence-corrected chi connectivity index (χ4v) is 6.34. The fourth-order valence-electron chi connectivity index (χ4n) is 4.30. The predicted octanol–water partition coefficient (Wildman–Crippen LogP) is 5.46. The zero-order valence-electron chi connectivity index (χ0n) is 19.5. The first-order valence-electron chi connectivity index (χ1n) is 11.4. The lowest BCUT2D eigenvalue weighted by atomic mass is 10.1. The second-order valence-corrected chi connectivity index (χ2v) is 10.4. The maximum absolute atomic E-state index is 13.6. The number of ether oxygens (including phenoxy) is 2. The second-order valence-electron chi connectivity index (χ2n) is 8.28. The Morgan fingerprint density at radius 1 is 1.26 bits per heavy atom. The summed E-state index contributed by atoms with van der Waals surface area (Å²) in [5.41, 5.74) is 2.82. The lowest BCUT2D eigenvalue weighted by Crippen LogP contribution is -2.29. The first-order valence-corrected chi connectivity index (χ1v) is 13.2. The van der Waals surface area contributed by atoms with E-state index >= 15 is 0 Å². The molecule has 0 radical (unpaired) electrons. The van der Waals surface area contributed by atoms with Gasteiger partial charge in [0.1, 0.15) is 16.8 Å². The molecule has 3 aromatic heterocycles. The average molecular weight is 498 g/mol. The number of thiophene rings is 1. The van der Waals surface area contributed by atoms with E-state index in [1.54, 1.807) is 29.3 Å². The Morgan fingerprint density at radius 3 is 2.79 bits per heavy atom. The lowest BCUT2D eigenvalue weighted by Gasteiger charge is -2.15. The molecule has 0 amide bonds. The van der Waals surface area contributed by atoms with Crippen molar-refractivity contribution in [2.24, 2.45) is 0 Å². The van der Waals surface area contributed by atoms with Crippen molar-refractivity contribution in [3.8, 4) is 17.2 Å². The summed E-state index contributed by atoms with van der Waals surface area (Å²) in [6.45, 7) is 5.43. The van der Waals surface area contributed by atoms with Crippen LogP contribution in [0.5, 0.6) is 5.75 Å². The first-order chi connectivity index (χ1) is 16.6. The highest BCUT2D eigenvalue weighted by atomic mass is 32.2. The molecule has 1 aliphatic heterocycles. The number of methoxy groups -OCH3 is 1. The van der Waals surface area contributed by atoms with Gasteiger partial charge in [0.05, 0.1) is 30.8 Å². The van der Waals surface area contributed by atoms with Gasteiger partial charge in [0.25, 0.3) is 5.56 Å². The van der Waals surface area contributed by atoms with Crippen LogP contribution in [-0.2, 0) is 23.5 Å². The summed E-state index contributed by atoms with van der Waals surface area (Å²) in [5.74, 6) is 1.89. The van der Waals surface area contributed by atoms with E-state index in [1.165, 1.54) is 11.8 Å². The molecule has 0 spiro atoms. The highest BCUT2D eigenvalue weighted by Gasteiger charge is 2.23. The minimum absolute atomic E-state index is 0.0308. The van der Waals surface area contributed by atoms with Gasteiger partial charge in [-0.25, -0.2) is 9.97 Å². The van der Waals surface area contributed by atoms with Crippen molar-refractivity contribution in [1.82, 2.24) is 14.5 Å². The molecule has 1 fully saturated rings. The second kappa shape index (κ2) is 9.93. The number of benzene rings is 1. The van der Waals surface area contributed by atoms with Gasteiger partial charge in [-0.3, -0.25) is 9.36 Å². The van der Waals surface area contributed by atoms with Crippen molar-refractivity contribution in [3.63, 3.8) is 0 Å². The molecule has 34 heavy (non-hydrogen) atoms. The zero-order chi connectivity index (χ0) is 23.7. The molecule has 1 unspecified atom stereocenters. The summed E-state index contributed by atoms with van der Waals surface area (Å²) < 4.78 is 18.6. The molecule has 7 nitrogen and oxygen atoms in total. The number of aromatic nitrogens is 3. The minimum atomic E-state index is 0.0308. The molecule has 0 bridgehead atoms. The third-order valence-corrected chi connectivity index (χ3v) is 8.13. The van der Waals surface area contributed by atoms with Crippen molar-refractivity contribution >= 4 is 33.3 Å². The molecule has 1 atom stereocenters. The van der Waals surface area contributed by atoms with E-state index in [4.69, 9.17) is 18.9 Å². The summed E-state index contributed by atoms with van der Waals surface area (Å²) in [4.78, 5) is 25.1. The SMILES string of the molecule is CCc1c(C)sc2nc(SCc3coc(-c4ccc(OC)cc4)n3)n(CC3CCCO3)c(=O)c12. The molecule has 5 rings (SSSR count). The molecule has 1 saturated heterocycles. The molecule has 0 saturated carbocycles. The number of oxazole rings is 1. The van der Waals surface area contributed by atoms with E-state index < -0.39 is 0 Å². The number of hydrogen-bond acceptors (Lipinski definition) is 8. The van der Waals surface area contributed by atoms with E-state index in [-0.39, 0.29) is 11.7 Å². The van der Waals surface area contributed by atoms with E-state index in [9.17, 15) is 4.79 Å². The number of thioether (sulfide) groups is 1. The third-order valence-electron chi connectivity index (χ3n) is 6.08. The topological polar surface area (TPSA) is 79.4 Å². The Morgan fingerprint density at radius 2 is 2.09 bits per heavy atom. The smallest absolute Gasteiger partial charge is 0.263 e. The van der Waals surface area contributed by atoms with Crippen LogP contribution < -0.4 is 10.3 Å². The van der Waals surface area contributed by atoms with Crippen LogP contribution in [0.15, 0.2) is 44.9 Å². The van der Waals surface area contributed by atoms with Crippen LogP contribution in [0, 0.1) is 6.92 Å². The molecular formula is C25H27N3O4S2. The van der Waals surface area contributed by atoms with Gasteiger partial charge >= 0.3 is 0 Å². The molecule has 0 aliphatic carbocycles. The maximum Gasteiger partial charge on any atom is 0.263 e. The highest BCUT2D eigenvalue weighted by molar-refractivity contribution is 7.98. The lowest BCUT2D eigenvalue weighted by molar-refractivity contribution is 0.0937. The van der Waals surface area contributed by atoms with Crippen molar-refractivity contribution in [3.05, 3.63) is 57.0 Å². The highest BCUT2D eigenvalue weighted by Crippen LogP contribution is 2.31. The predicted molar refractivity (Wildman–Crippen MR) is 135 cm³/mol. The van der Waals surface area contributed by atoms with Gasteiger partial charge in [0.15, 0.2) is 5.16 Å². The summed E-state index contributed by atoms with van der Waals surface area (Å²) in [6, 6.07) is 7.59. The summed E-state index contributed by atoms with van der Waals surface area (Å²) in [6.07, 6.45) is 4.53. The average Bonchev–Trinajstić information content (AvgIpc) is 3.60. The molecule has 9 heteroatoms. The number of rotatable bonds is 8. The van der Waals surface area contributed by atoms with Crippen LogP contribution >= 0.6 is 23.1 Å².